The molecule has 2 N–H and O–H groups in total. The van der Waals surface area contributed by atoms with Gasteiger partial charge in [0.2, 0.25) is 0 Å². The van der Waals surface area contributed by atoms with E-state index >= 15 is 0 Å². The van der Waals surface area contributed by atoms with Crippen molar-refractivity contribution in [3.8, 4) is 0 Å². The van der Waals surface area contributed by atoms with Gasteiger partial charge < -0.3 is 14.8 Å². The number of hydrogen-bond donors (Lipinski definition) is 2. The van der Waals surface area contributed by atoms with E-state index in [1.807, 2.05) is 0 Å². The van der Waals surface area contributed by atoms with Gasteiger partial charge in [0.05, 0.1) is 12.4 Å². The van der Waals surface area contributed by atoms with E-state index in [1.54, 1.807) is 31.2 Å². The molecule has 0 radical (unpaired) electrons. The number of imidazole rings is 1. The first-order valence-electron chi connectivity index (χ1n) is 5.70. The number of benzene rings is 1. The zero-order valence-electron chi connectivity index (χ0n) is 10.4. The molecule has 0 aliphatic rings. The van der Waals surface area contributed by atoms with Crippen molar-refractivity contribution in [2.24, 2.45) is 0 Å². The highest BCUT2D eigenvalue weighted by atomic mass is 35.5. The van der Waals surface area contributed by atoms with E-state index in [-0.39, 0.29) is 11.7 Å². The summed E-state index contributed by atoms with van der Waals surface area (Å²) in [6, 6.07) is 6.49. The van der Waals surface area contributed by atoms with Crippen molar-refractivity contribution in [2.45, 2.75) is 13.0 Å². The summed E-state index contributed by atoms with van der Waals surface area (Å²) in [6.45, 7) is 1.75. The fraction of sp³-hybridized carbons (Fsp3) is 0.154. The topological polar surface area (TPSA) is 92.4 Å². The van der Waals surface area contributed by atoms with Gasteiger partial charge in [-0.15, -0.1) is 0 Å². The molecule has 0 fully saturated rings. The van der Waals surface area contributed by atoms with Crippen LogP contribution in [-0.4, -0.2) is 31.7 Å². The number of nitrogens with zero attached hydrogens (tertiary/aromatic N) is 2. The summed E-state index contributed by atoms with van der Waals surface area (Å²) < 4.78 is 1.31. The van der Waals surface area contributed by atoms with Crippen molar-refractivity contribution in [1.82, 2.24) is 9.55 Å². The minimum atomic E-state index is -1.37. The van der Waals surface area contributed by atoms with Gasteiger partial charge in [-0.25, -0.2) is 14.6 Å². The van der Waals surface area contributed by atoms with E-state index in [2.05, 4.69) is 4.98 Å². The third-order valence-corrected chi connectivity index (χ3v) is 3.22. The number of carbonyl (C=O) groups is 2. The predicted molar refractivity (Wildman–Crippen MR) is 71.4 cm³/mol. The number of rotatable bonds is 4. The fourth-order valence-electron chi connectivity index (χ4n) is 1.92. The molecule has 1 unspecified atom stereocenters. The van der Waals surface area contributed by atoms with Gasteiger partial charge in [0.1, 0.15) is 0 Å². The minimum Gasteiger partial charge on any atom is -0.476 e. The second-order valence-corrected chi connectivity index (χ2v) is 4.62. The van der Waals surface area contributed by atoms with Gasteiger partial charge in [0.25, 0.3) is 0 Å². The Morgan fingerprint density at radius 2 is 1.80 bits per heavy atom. The highest BCUT2D eigenvalue weighted by Crippen LogP contribution is 2.23. The minimum absolute atomic E-state index is 0.347. The maximum Gasteiger partial charge on any atom is 0.357 e. The summed E-state index contributed by atoms with van der Waals surface area (Å²) in [7, 11) is 0. The summed E-state index contributed by atoms with van der Waals surface area (Å²) in [4.78, 5) is 25.9. The van der Waals surface area contributed by atoms with Gasteiger partial charge in [-0.3, -0.25) is 0 Å². The molecule has 0 spiro atoms. The first kappa shape index (κ1) is 14.1. The molecule has 0 saturated carbocycles. The van der Waals surface area contributed by atoms with Crippen molar-refractivity contribution in [2.75, 3.05) is 0 Å². The Morgan fingerprint density at radius 3 is 2.30 bits per heavy atom. The van der Waals surface area contributed by atoms with Crippen molar-refractivity contribution in [3.63, 3.8) is 0 Å². The maximum atomic E-state index is 11.3. The first-order valence-corrected chi connectivity index (χ1v) is 6.08. The third kappa shape index (κ3) is 2.50. The molecule has 2 aromatic rings. The van der Waals surface area contributed by atoms with Crippen LogP contribution in [-0.2, 0) is 0 Å². The van der Waals surface area contributed by atoms with E-state index in [1.165, 1.54) is 10.9 Å². The lowest BCUT2D eigenvalue weighted by Gasteiger charge is -2.15. The average molecular weight is 295 g/mol. The molecule has 0 aliphatic carbocycles. The van der Waals surface area contributed by atoms with Gasteiger partial charge in [0.15, 0.2) is 11.4 Å². The fourth-order valence-corrected chi connectivity index (χ4v) is 2.05. The van der Waals surface area contributed by atoms with Crippen LogP contribution >= 0.6 is 11.6 Å². The Bertz CT molecular complexity index is 664. The zero-order chi connectivity index (χ0) is 14.9. The summed E-state index contributed by atoms with van der Waals surface area (Å²) in [5, 5.41) is 18.7. The van der Waals surface area contributed by atoms with Crippen molar-refractivity contribution in [3.05, 3.63) is 52.6 Å². The predicted octanol–water partition coefficient (Wildman–Crippen LogP) is 2.54. The van der Waals surface area contributed by atoms with Crippen LogP contribution in [0.3, 0.4) is 0 Å². The summed E-state index contributed by atoms with van der Waals surface area (Å²) >= 11 is 5.80. The van der Waals surface area contributed by atoms with E-state index in [0.717, 1.165) is 5.56 Å². The standard InChI is InChI=1S/C13H11ClN2O4/c1-7(8-2-4-9(14)5-3-8)16-6-15-10(12(17)18)11(16)13(19)20/h2-7H,1H3,(H,17,18)(H,19,20). The van der Waals surface area contributed by atoms with Gasteiger partial charge >= 0.3 is 11.9 Å². The Kier molecular flexibility index (Phi) is 3.76. The Hall–Kier alpha value is -2.34. The third-order valence-electron chi connectivity index (χ3n) is 2.97. The van der Waals surface area contributed by atoms with Gasteiger partial charge in [-0.2, -0.15) is 0 Å². The molecule has 1 aromatic carbocycles. The molecule has 0 amide bonds. The highest BCUT2D eigenvalue weighted by Gasteiger charge is 2.25. The quantitative estimate of drug-likeness (QED) is 0.904. The molecule has 0 bridgehead atoms. The Morgan fingerprint density at radius 1 is 1.20 bits per heavy atom. The molecule has 1 atom stereocenters. The molecule has 0 saturated heterocycles. The van der Waals surface area contributed by atoms with E-state index in [0.29, 0.717) is 5.02 Å². The van der Waals surface area contributed by atoms with Crippen LogP contribution in [0.1, 0.15) is 39.5 Å². The molecule has 20 heavy (non-hydrogen) atoms. The normalized spacial score (nSPS) is 12.1. The van der Waals surface area contributed by atoms with Crippen molar-refractivity contribution in [1.29, 1.82) is 0 Å². The van der Waals surface area contributed by atoms with Gasteiger partial charge in [0, 0.05) is 5.02 Å². The van der Waals surface area contributed by atoms with Crippen LogP contribution < -0.4 is 0 Å². The lowest BCUT2D eigenvalue weighted by molar-refractivity contribution is 0.0639. The summed E-state index contributed by atoms with van der Waals surface area (Å²) in [5.74, 6) is -2.70. The average Bonchev–Trinajstić information content (AvgIpc) is 2.83. The summed E-state index contributed by atoms with van der Waals surface area (Å²) in [6.07, 6.45) is 1.21. The molecule has 1 aromatic heterocycles. The SMILES string of the molecule is CC(c1ccc(Cl)cc1)n1cnc(C(=O)O)c1C(=O)O. The molecular formula is C13H11ClN2O4. The summed E-state index contributed by atoms with van der Waals surface area (Å²) in [5.41, 5.74) is -0.0236. The number of carboxylic acid groups (broad SMARTS) is 2. The maximum absolute atomic E-state index is 11.3. The van der Waals surface area contributed by atoms with Gasteiger partial charge in [-0.05, 0) is 24.6 Å². The monoisotopic (exact) mass is 294 g/mol. The van der Waals surface area contributed by atoms with E-state index in [4.69, 9.17) is 16.7 Å². The lowest BCUT2D eigenvalue weighted by Crippen LogP contribution is -2.16. The number of halogens is 1. The Labute approximate surface area is 119 Å². The molecule has 7 heteroatoms. The number of aromatic carboxylic acids is 2. The van der Waals surface area contributed by atoms with Crippen LogP contribution in [0, 0.1) is 0 Å². The van der Waals surface area contributed by atoms with Crippen LogP contribution in [0.4, 0.5) is 0 Å². The molecule has 6 nitrogen and oxygen atoms in total. The van der Waals surface area contributed by atoms with Crippen LogP contribution in [0.2, 0.25) is 5.02 Å². The van der Waals surface area contributed by atoms with Crippen molar-refractivity contribution >= 4 is 23.5 Å². The van der Waals surface area contributed by atoms with Crippen LogP contribution in [0.25, 0.3) is 0 Å². The molecule has 104 valence electrons. The second-order valence-electron chi connectivity index (χ2n) is 4.19. The zero-order valence-corrected chi connectivity index (χ0v) is 11.2. The number of carboxylic acids is 2. The van der Waals surface area contributed by atoms with E-state index in [9.17, 15) is 14.7 Å². The number of aromatic nitrogens is 2. The lowest BCUT2D eigenvalue weighted by atomic mass is 10.1. The smallest absolute Gasteiger partial charge is 0.357 e. The van der Waals surface area contributed by atoms with Crippen LogP contribution in [0.5, 0.6) is 0 Å². The molecular weight excluding hydrogens is 284 g/mol. The molecule has 2 rings (SSSR count). The highest BCUT2D eigenvalue weighted by molar-refractivity contribution is 6.30. The van der Waals surface area contributed by atoms with Crippen LogP contribution in [0.15, 0.2) is 30.6 Å². The Balaban J connectivity index is 2.49. The second kappa shape index (κ2) is 5.34. The molecule has 0 aliphatic heterocycles. The van der Waals surface area contributed by atoms with Gasteiger partial charge in [-0.1, -0.05) is 23.7 Å². The number of hydrogen-bond acceptors (Lipinski definition) is 3. The van der Waals surface area contributed by atoms with E-state index < -0.39 is 17.6 Å². The largest absolute Gasteiger partial charge is 0.476 e. The first-order chi connectivity index (χ1) is 9.41. The van der Waals surface area contributed by atoms with Crippen molar-refractivity contribution < 1.29 is 19.8 Å². The molecule has 1 heterocycles.